The van der Waals surface area contributed by atoms with Crippen LogP contribution in [-0.4, -0.2) is 36.9 Å². The molecule has 0 aliphatic carbocycles. The number of ether oxygens (including phenoxy) is 1. The molecule has 1 unspecified atom stereocenters. The van der Waals surface area contributed by atoms with Crippen LogP contribution >= 0.6 is 0 Å². The summed E-state index contributed by atoms with van der Waals surface area (Å²) in [5.74, 6) is 4.24. The van der Waals surface area contributed by atoms with Crippen LogP contribution in [0.15, 0.2) is 18.2 Å². The Kier molecular flexibility index (Phi) is 5.10. The van der Waals surface area contributed by atoms with Gasteiger partial charge < -0.3 is 15.2 Å². The highest BCUT2D eigenvalue weighted by molar-refractivity contribution is 5.96. The van der Waals surface area contributed by atoms with E-state index in [0.29, 0.717) is 12.2 Å². The van der Waals surface area contributed by atoms with E-state index in [1.807, 2.05) is 0 Å². The zero-order valence-electron chi connectivity index (χ0n) is 11.0. The molecular formula is C15H16FNO3. The van der Waals surface area contributed by atoms with Crippen LogP contribution in [0.1, 0.15) is 28.8 Å². The molecule has 0 spiro atoms. The Bertz CT molecular complexity index is 542. The Labute approximate surface area is 116 Å². The van der Waals surface area contributed by atoms with Gasteiger partial charge in [-0.3, -0.25) is 4.79 Å². The molecule has 1 aliphatic rings. The average molecular weight is 277 g/mol. The number of aliphatic hydroxyl groups excluding tert-OH is 1. The Hall–Kier alpha value is -1.90. The maximum atomic E-state index is 13.2. The number of rotatable bonds is 2. The molecule has 1 aliphatic heterocycles. The molecule has 2 N–H and O–H groups in total. The zero-order valence-corrected chi connectivity index (χ0v) is 11.0. The summed E-state index contributed by atoms with van der Waals surface area (Å²) in [6.45, 7) is 0.870. The minimum atomic E-state index is -0.468. The predicted molar refractivity (Wildman–Crippen MR) is 71.7 cm³/mol. The van der Waals surface area contributed by atoms with Gasteiger partial charge in [-0.2, -0.15) is 0 Å². The second-order valence-electron chi connectivity index (χ2n) is 4.54. The smallest absolute Gasteiger partial charge is 0.252 e. The lowest BCUT2D eigenvalue weighted by molar-refractivity contribution is 0.0624. The first-order valence-electron chi connectivity index (χ1n) is 6.48. The molecule has 0 saturated carbocycles. The Morgan fingerprint density at radius 2 is 2.40 bits per heavy atom. The van der Waals surface area contributed by atoms with Gasteiger partial charge in [0.25, 0.3) is 5.91 Å². The monoisotopic (exact) mass is 277 g/mol. The maximum absolute atomic E-state index is 13.2. The van der Waals surface area contributed by atoms with Gasteiger partial charge in [0, 0.05) is 12.2 Å². The quantitative estimate of drug-likeness (QED) is 0.795. The number of benzene rings is 1. The molecule has 1 aromatic carbocycles. The third-order valence-corrected chi connectivity index (χ3v) is 3.02. The molecule has 1 atom stereocenters. The van der Waals surface area contributed by atoms with Gasteiger partial charge in [-0.05, 0) is 31.0 Å². The van der Waals surface area contributed by atoms with Gasteiger partial charge in [-0.1, -0.05) is 11.8 Å². The largest absolute Gasteiger partial charge is 0.384 e. The molecule has 106 valence electrons. The number of hydrogen-bond acceptors (Lipinski definition) is 3. The topological polar surface area (TPSA) is 58.6 Å². The molecule has 20 heavy (non-hydrogen) atoms. The van der Waals surface area contributed by atoms with Crippen molar-refractivity contribution in [1.29, 1.82) is 0 Å². The predicted octanol–water partition coefficient (Wildman–Crippen LogP) is 1.08. The summed E-state index contributed by atoms with van der Waals surface area (Å²) >= 11 is 0. The van der Waals surface area contributed by atoms with E-state index in [9.17, 15) is 9.18 Å². The van der Waals surface area contributed by atoms with Gasteiger partial charge in [0.05, 0.1) is 18.2 Å². The van der Waals surface area contributed by atoms with Crippen molar-refractivity contribution in [2.24, 2.45) is 0 Å². The Morgan fingerprint density at radius 1 is 1.55 bits per heavy atom. The van der Waals surface area contributed by atoms with Crippen LogP contribution in [0.25, 0.3) is 0 Å². The second kappa shape index (κ2) is 7.04. The van der Waals surface area contributed by atoms with E-state index in [0.717, 1.165) is 19.4 Å². The third-order valence-electron chi connectivity index (χ3n) is 3.02. The highest BCUT2D eigenvalue weighted by Crippen LogP contribution is 2.12. The lowest BCUT2D eigenvalue weighted by Crippen LogP contribution is -2.40. The fourth-order valence-corrected chi connectivity index (χ4v) is 2.07. The number of halogens is 1. The Balaban J connectivity index is 2.15. The molecule has 4 nitrogen and oxygen atoms in total. The minimum Gasteiger partial charge on any atom is -0.384 e. The summed E-state index contributed by atoms with van der Waals surface area (Å²) in [6.07, 6.45) is 1.77. The van der Waals surface area contributed by atoms with E-state index in [4.69, 9.17) is 9.84 Å². The number of amides is 1. The number of carbonyl (C=O) groups excluding carboxylic acids is 1. The third kappa shape index (κ3) is 3.80. The van der Waals surface area contributed by atoms with Gasteiger partial charge >= 0.3 is 0 Å². The first kappa shape index (κ1) is 14.5. The molecule has 0 bridgehead atoms. The molecule has 1 saturated heterocycles. The molecule has 5 heteroatoms. The lowest BCUT2D eigenvalue weighted by Gasteiger charge is -2.23. The van der Waals surface area contributed by atoms with Crippen LogP contribution in [0, 0.1) is 17.7 Å². The first-order valence-corrected chi connectivity index (χ1v) is 6.48. The van der Waals surface area contributed by atoms with Gasteiger partial charge in [-0.25, -0.2) is 4.39 Å². The minimum absolute atomic E-state index is 0.0278. The molecular weight excluding hydrogens is 261 g/mol. The van der Waals surface area contributed by atoms with E-state index in [1.165, 1.54) is 18.2 Å². The number of carbonyl (C=O) groups is 1. The fourth-order valence-electron chi connectivity index (χ4n) is 2.07. The van der Waals surface area contributed by atoms with Crippen LogP contribution in [0.2, 0.25) is 0 Å². The van der Waals surface area contributed by atoms with Crippen molar-refractivity contribution in [3.05, 3.63) is 35.1 Å². The number of nitrogens with one attached hydrogen (secondary N) is 1. The Morgan fingerprint density at radius 3 is 3.10 bits per heavy atom. The zero-order chi connectivity index (χ0) is 14.4. The van der Waals surface area contributed by atoms with Crippen LogP contribution in [-0.2, 0) is 4.74 Å². The molecule has 0 aromatic heterocycles. The molecule has 1 aromatic rings. The summed E-state index contributed by atoms with van der Waals surface area (Å²) in [6, 6.07) is 3.78. The van der Waals surface area contributed by atoms with Crippen molar-refractivity contribution >= 4 is 5.91 Å². The molecule has 1 amide bonds. The van der Waals surface area contributed by atoms with Gasteiger partial charge in [0.15, 0.2) is 0 Å². The normalized spacial score (nSPS) is 18.0. The van der Waals surface area contributed by atoms with Crippen molar-refractivity contribution < 1.29 is 19.0 Å². The maximum Gasteiger partial charge on any atom is 0.252 e. The van der Waals surface area contributed by atoms with E-state index in [1.54, 1.807) is 0 Å². The summed E-state index contributed by atoms with van der Waals surface area (Å²) < 4.78 is 18.5. The van der Waals surface area contributed by atoms with Crippen LogP contribution < -0.4 is 5.32 Å². The summed E-state index contributed by atoms with van der Waals surface area (Å²) in [5.41, 5.74) is 0.575. The van der Waals surface area contributed by atoms with Crippen LogP contribution in [0.5, 0.6) is 0 Å². The van der Waals surface area contributed by atoms with E-state index in [-0.39, 0.29) is 24.1 Å². The molecule has 2 rings (SSSR count). The molecule has 0 radical (unpaired) electrons. The number of aliphatic hydroxyl groups is 1. The average Bonchev–Trinajstić information content (AvgIpc) is 2.46. The standard InChI is InChI=1S/C15H16FNO3/c16-12-5-6-14(11(9-12)3-1-7-18)15(19)17-13-4-2-8-20-10-13/h5-6,9,13,18H,2,4,7-8,10H2,(H,17,19). The van der Waals surface area contributed by atoms with Crippen molar-refractivity contribution in [3.8, 4) is 11.8 Å². The summed E-state index contributed by atoms with van der Waals surface area (Å²) in [7, 11) is 0. The SMILES string of the molecule is O=C(NC1CCCOC1)c1ccc(F)cc1C#CCO. The highest BCUT2D eigenvalue weighted by atomic mass is 19.1. The molecule has 1 heterocycles. The summed E-state index contributed by atoms with van der Waals surface area (Å²) in [5, 5.41) is 11.6. The van der Waals surface area contributed by atoms with Crippen LogP contribution in [0.4, 0.5) is 4.39 Å². The van der Waals surface area contributed by atoms with E-state index in [2.05, 4.69) is 17.2 Å². The number of hydrogen-bond donors (Lipinski definition) is 2. The first-order chi connectivity index (χ1) is 9.70. The lowest BCUT2D eigenvalue weighted by atomic mass is 10.1. The van der Waals surface area contributed by atoms with Crippen molar-refractivity contribution in [3.63, 3.8) is 0 Å². The molecule has 1 fully saturated rings. The van der Waals surface area contributed by atoms with Crippen molar-refractivity contribution in [2.75, 3.05) is 19.8 Å². The fraction of sp³-hybridized carbons (Fsp3) is 0.400. The van der Waals surface area contributed by atoms with Crippen LogP contribution in [0.3, 0.4) is 0 Å². The van der Waals surface area contributed by atoms with Crippen molar-refractivity contribution in [2.45, 2.75) is 18.9 Å². The van der Waals surface area contributed by atoms with Crippen molar-refractivity contribution in [1.82, 2.24) is 5.32 Å². The van der Waals surface area contributed by atoms with E-state index < -0.39 is 5.82 Å². The summed E-state index contributed by atoms with van der Waals surface area (Å²) in [4.78, 5) is 12.2. The highest BCUT2D eigenvalue weighted by Gasteiger charge is 2.18. The van der Waals surface area contributed by atoms with E-state index >= 15 is 0 Å². The van der Waals surface area contributed by atoms with Gasteiger partial charge in [0.2, 0.25) is 0 Å². The van der Waals surface area contributed by atoms with Gasteiger partial charge in [-0.15, -0.1) is 0 Å². The van der Waals surface area contributed by atoms with Gasteiger partial charge in [0.1, 0.15) is 12.4 Å². The second-order valence-corrected chi connectivity index (χ2v) is 4.54.